The number of carbonyl (C=O) groups excluding carboxylic acids is 1. The van der Waals surface area contributed by atoms with Crippen LogP contribution in [0.2, 0.25) is 0 Å². The Morgan fingerprint density at radius 3 is 2.26 bits per heavy atom. The molecule has 0 fully saturated rings. The van der Waals surface area contributed by atoms with Crippen LogP contribution in [0.4, 0.5) is 13.2 Å². The molecular formula is C13H17F3N2O. The number of carbonyl (C=O) groups is 1. The minimum absolute atomic E-state index is 0.0803. The van der Waals surface area contributed by atoms with E-state index in [4.69, 9.17) is 5.73 Å². The molecule has 19 heavy (non-hydrogen) atoms. The molecule has 0 radical (unpaired) electrons. The third-order valence-electron chi connectivity index (χ3n) is 2.59. The number of alkyl halides is 3. The Morgan fingerprint density at radius 1 is 1.26 bits per heavy atom. The van der Waals surface area contributed by atoms with Gasteiger partial charge < -0.3 is 10.6 Å². The van der Waals surface area contributed by atoms with E-state index in [0.717, 1.165) is 10.5 Å². The second-order valence-electron chi connectivity index (χ2n) is 4.24. The summed E-state index contributed by atoms with van der Waals surface area (Å²) in [6, 6.07) is 6.29. The van der Waals surface area contributed by atoms with Crippen LogP contribution in [-0.4, -0.2) is 30.1 Å². The van der Waals surface area contributed by atoms with Gasteiger partial charge >= 0.3 is 6.18 Å². The number of nitrogens with two attached hydrogens (primary N) is 1. The van der Waals surface area contributed by atoms with Crippen molar-refractivity contribution in [3.05, 3.63) is 35.4 Å². The maximum Gasteiger partial charge on any atom is 0.406 e. The first-order valence-corrected chi connectivity index (χ1v) is 6.02. The molecule has 1 aromatic carbocycles. The molecule has 3 nitrogen and oxygen atoms in total. The van der Waals surface area contributed by atoms with E-state index in [1.165, 1.54) is 12.1 Å². The standard InChI is InChI=1S/C13H17F3N2O/c1-2-7-18(9-13(14,15)16)12(19)11-5-3-10(8-17)4-6-11/h3-6H,2,7-9,17H2,1H3. The molecule has 0 heterocycles. The zero-order chi connectivity index (χ0) is 14.5. The van der Waals surface area contributed by atoms with Crippen LogP contribution in [0.25, 0.3) is 0 Å². The zero-order valence-corrected chi connectivity index (χ0v) is 10.7. The molecule has 6 heteroatoms. The van der Waals surface area contributed by atoms with Crippen molar-refractivity contribution in [3.63, 3.8) is 0 Å². The van der Waals surface area contributed by atoms with Crippen LogP contribution in [0.15, 0.2) is 24.3 Å². The lowest BCUT2D eigenvalue weighted by molar-refractivity contribution is -0.140. The third-order valence-corrected chi connectivity index (χ3v) is 2.59. The quantitative estimate of drug-likeness (QED) is 0.897. The van der Waals surface area contributed by atoms with Crippen molar-refractivity contribution in [1.82, 2.24) is 4.90 Å². The Labute approximate surface area is 110 Å². The molecule has 0 unspecified atom stereocenters. The number of halogens is 3. The van der Waals surface area contributed by atoms with Crippen LogP contribution >= 0.6 is 0 Å². The maximum absolute atomic E-state index is 12.4. The minimum atomic E-state index is -4.39. The van der Waals surface area contributed by atoms with Gasteiger partial charge in [0.1, 0.15) is 6.54 Å². The SMILES string of the molecule is CCCN(CC(F)(F)F)C(=O)c1ccc(CN)cc1. The van der Waals surface area contributed by atoms with Crippen molar-refractivity contribution in [1.29, 1.82) is 0 Å². The number of hydrogen-bond donors (Lipinski definition) is 1. The van der Waals surface area contributed by atoms with Gasteiger partial charge in [0.2, 0.25) is 0 Å². The molecule has 1 rings (SSSR count). The van der Waals surface area contributed by atoms with Gasteiger partial charge in [-0.3, -0.25) is 4.79 Å². The number of nitrogens with zero attached hydrogens (tertiary/aromatic N) is 1. The molecule has 0 spiro atoms. The average molecular weight is 274 g/mol. The molecule has 0 atom stereocenters. The summed E-state index contributed by atoms with van der Waals surface area (Å²) >= 11 is 0. The van der Waals surface area contributed by atoms with E-state index in [0.29, 0.717) is 13.0 Å². The monoisotopic (exact) mass is 274 g/mol. The maximum atomic E-state index is 12.4. The highest BCUT2D eigenvalue weighted by Gasteiger charge is 2.32. The first-order valence-electron chi connectivity index (χ1n) is 6.02. The summed E-state index contributed by atoms with van der Waals surface area (Å²) in [6.45, 7) is 0.916. The molecule has 106 valence electrons. The number of rotatable bonds is 5. The van der Waals surface area contributed by atoms with E-state index in [1.807, 2.05) is 0 Å². The molecule has 1 aromatic rings. The van der Waals surface area contributed by atoms with Crippen LogP contribution in [0.1, 0.15) is 29.3 Å². The van der Waals surface area contributed by atoms with Crippen LogP contribution in [0.5, 0.6) is 0 Å². The van der Waals surface area contributed by atoms with E-state index >= 15 is 0 Å². The highest BCUT2D eigenvalue weighted by molar-refractivity contribution is 5.94. The van der Waals surface area contributed by atoms with Gasteiger partial charge in [-0.25, -0.2) is 0 Å². The second kappa shape index (κ2) is 6.56. The molecule has 0 aliphatic heterocycles. The fourth-order valence-electron chi connectivity index (χ4n) is 1.70. The number of amides is 1. The van der Waals surface area contributed by atoms with Gasteiger partial charge in [-0.1, -0.05) is 19.1 Å². The third kappa shape index (κ3) is 4.90. The molecule has 0 aromatic heterocycles. The normalized spacial score (nSPS) is 11.4. The number of hydrogen-bond acceptors (Lipinski definition) is 2. The highest BCUT2D eigenvalue weighted by Crippen LogP contribution is 2.18. The Morgan fingerprint density at radius 2 is 1.84 bits per heavy atom. The van der Waals surface area contributed by atoms with Crippen LogP contribution < -0.4 is 5.73 Å². The number of benzene rings is 1. The van der Waals surface area contributed by atoms with Gasteiger partial charge in [0, 0.05) is 18.7 Å². The Balaban J connectivity index is 2.85. The van der Waals surface area contributed by atoms with Crippen molar-refractivity contribution >= 4 is 5.91 Å². The second-order valence-corrected chi connectivity index (χ2v) is 4.24. The average Bonchev–Trinajstić information content (AvgIpc) is 2.36. The van der Waals surface area contributed by atoms with Gasteiger partial charge in [0.15, 0.2) is 0 Å². The van der Waals surface area contributed by atoms with E-state index in [1.54, 1.807) is 19.1 Å². The predicted molar refractivity (Wildman–Crippen MR) is 66.6 cm³/mol. The molecule has 0 bridgehead atoms. The zero-order valence-electron chi connectivity index (χ0n) is 10.7. The summed E-state index contributed by atoms with van der Waals surface area (Å²) in [5, 5.41) is 0. The fourth-order valence-corrected chi connectivity index (χ4v) is 1.70. The van der Waals surface area contributed by atoms with Gasteiger partial charge in [0.05, 0.1) is 0 Å². The van der Waals surface area contributed by atoms with Gasteiger partial charge in [0.25, 0.3) is 5.91 Å². The van der Waals surface area contributed by atoms with Crippen LogP contribution in [0.3, 0.4) is 0 Å². The van der Waals surface area contributed by atoms with Crippen molar-refractivity contribution in [2.45, 2.75) is 26.1 Å². The predicted octanol–water partition coefficient (Wildman–Crippen LogP) is 2.56. The molecular weight excluding hydrogens is 257 g/mol. The molecule has 0 aliphatic carbocycles. The first kappa shape index (κ1) is 15.5. The van der Waals surface area contributed by atoms with Crippen molar-refractivity contribution in [2.24, 2.45) is 5.73 Å². The lowest BCUT2D eigenvalue weighted by Gasteiger charge is -2.23. The summed E-state index contributed by atoms with van der Waals surface area (Å²) in [5.74, 6) is -0.609. The van der Waals surface area contributed by atoms with Crippen molar-refractivity contribution in [2.75, 3.05) is 13.1 Å². The summed E-state index contributed by atoms with van der Waals surface area (Å²) < 4.78 is 37.2. The summed E-state index contributed by atoms with van der Waals surface area (Å²) in [6.07, 6.45) is -3.91. The van der Waals surface area contributed by atoms with E-state index < -0.39 is 18.6 Å². The van der Waals surface area contributed by atoms with Crippen molar-refractivity contribution < 1.29 is 18.0 Å². The topological polar surface area (TPSA) is 46.3 Å². The molecule has 2 N–H and O–H groups in total. The highest BCUT2D eigenvalue weighted by atomic mass is 19.4. The molecule has 0 aliphatic rings. The smallest absolute Gasteiger partial charge is 0.330 e. The Hall–Kier alpha value is -1.56. The first-order chi connectivity index (χ1) is 8.87. The summed E-state index contributed by atoms with van der Waals surface area (Å²) in [7, 11) is 0. The molecule has 0 saturated carbocycles. The van der Waals surface area contributed by atoms with Crippen LogP contribution in [-0.2, 0) is 6.54 Å². The lowest BCUT2D eigenvalue weighted by Crippen LogP contribution is -2.39. The van der Waals surface area contributed by atoms with Crippen LogP contribution in [0, 0.1) is 0 Å². The van der Waals surface area contributed by atoms with E-state index in [-0.39, 0.29) is 12.1 Å². The molecule has 0 saturated heterocycles. The Kier molecular flexibility index (Phi) is 5.35. The lowest BCUT2D eigenvalue weighted by atomic mass is 10.1. The fraction of sp³-hybridized carbons (Fsp3) is 0.462. The van der Waals surface area contributed by atoms with Gasteiger partial charge in [-0.2, -0.15) is 13.2 Å². The molecule has 1 amide bonds. The minimum Gasteiger partial charge on any atom is -0.330 e. The van der Waals surface area contributed by atoms with E-state index in [9.17, 15) is 18.0 Å². The van der Waals surface area contributed by atoms with Crippen molar-refractivity contribution in [3.8, 4) is 0 Å². The van der Waals surface area contributed by atoms with E-state index in [2.05, 4.69) is 0 Å². The van der Waals surface area contributed by atoms with Gasteiger partial charge in [-0.05, 0) is 24.1 Å². The summed E-state index contributed by atoms with van der Waals surface area (Å²) in [5.41, 5.74) is 6.50. The summed E-state index contributed by atoms with van der Waals surface area (Å²) in [4.78, 5) is 12.8. The van der Waals surface area contributed by atoms with Gasteiger partial charge in [-0.15, -0.1) is 0 Å². The Bertz CT molecular complexity index is 415. The largest absolute Gasteiger partial charge is 0.406 e.